The van der Waals surface area contributed by atoms with Gasteiger partial charge in [-0.3, -0.25) is 14.9 Å². The molecule has 7 nitrogen and oxygen atoms in total. The number of amides is 1. The van der Waals surface area contributed by atoms with Gasteiger partial charge >= 0.3 is 0 Å². The van der Waals surface area contributed by atoms with Gasteiger partial charge in [-0.05, 0) is 19.8 Å². The summed E-state index contributed by atoms with van der Waals surface area (Å²) in [6.07, 6.45) is 2.09. The lowest BCUT2D eigenvalue weighted by molar-refractivity contribution is -0.384. The Kier molecular flexibility index (Phi) is 3.33. The second-order valence-electron chi connectivity index (χ2n) is 4.42. The Bertz CT molecular complexity index is 477. The molecule has 0 saturated heterocycles. The minimum absolute atomic E-state index is 0.0354. The molecule has 18 heavy (non-hydrogen) atoms. The summed E-state index contributed by atoms with van der Waals surface area (Å²) in [5, 5.41) is 22.5. The molecule has 1 fully saturated rings. The van der Waals surface area contributed by atoms with Crippen LogP contribution >= 0.6 is 0 Å². The van der Waals surface area contributed by atoms with Crippen LogP contribution < -0.4 is 5.32 Å². The third-order valence-electron chi connectivity index (χ3n) is 3.11. The number of aryl methyl sites for hydroxylation is 1. The first-order chi connectivity index (χ1) is 8.51. The molecule has 0 radical (unpaired) electrons. The predicted octanol–water partition coefficient (Wildman–Crippen LogP) is 0.669. The Morgan fingerprint density at radius 1 is 1.67 bits per heavy atom. The van der Waals surface area contributed by atoms with Crippen molar-refractivity contribution in [2.24, 2.45) is 0 Å². The van der Waals surface area contributed by atoms with Crippen LogP contribution in [0.25, 0.3) is 0 Å². The Morgan fingerprint density at radius 2 is 2.33 bits per heavy atom. The van der Waals surface area contributed by atoms with Gasteiger partial charge in [-0.15, -0.1) is 0 Å². The second kappa shape index (κ2) is 4.77. The molecule has 0 aromatic carbocycles. The van der Waals surface area contributed by atoms with E-state index in [0.717, 1.165) is 0 Å². The highest BCUT2D eigenvalue weighted by Gasteiger charge is 2.29. The first kappa shape index (κ1) is 12.6. The molecule has 0 bridgehead atoms. The Labute approximate surface area is 104 Å². The molecule has 0 unspecified atom stereocenters. The van der Waals surface area contributed by atoms with Crippen LogP contribution in [-0.4, -0.2) is 32.6 Å². The monoisotopic (exact) mass is 253 g/mol. The first-order valence-corrected chi connectivity index (χ1v) is 5.84. The number of aliphatic hydroxyl groups excluding tert-OH is 1. The second-order valence-corrected chi connectivity index (χ2v) is 4.42. The highest BCUT2D eigenvalue weighted by Crippen LogP contribution is 2.21. The molecule has 0 spiro atoms. The molecule has 1 amide bonds. The van der Waals surface area contributed by atoms with Gasteiger partial charge in [0.15, 0.2) is 0 Å². The lowest BCUT2D eigenvalue weighted by atomic mass is 9.89. The minimum Gasteiger partial charge on any atom is -0.393 e. The third kappa shape index (κ3) is 2.35. The molecule has 2 N–H and O–H groups in total. The Balaban J connectivity index is 2.11. The number of rotatable bonds is 4. The van der Waals surface area contributed by atoms with Crippen LogP contribution in [0.1, 0.15) is 30.3 Å². The number of hydrogen-bond donors (Lipinski definition) is 2. The number of carbonyl (C=O) groups excluding carboxylic acids is 1. The molecule has 2 rings (SSSR count). The molecule has 7 heteroatoms. The van der Waals surface area contributed by atoms with Crippen molar-refractivity contribution < 1.29 is 14.8 Å². The van der Waals surface area contributed by atoms with E-state index in [-0.39, 0.29) is 29.4 Å². The van der Waals surface area contributed by atoms with E-state index >= 15 is 0 Å². The average molecular weight is 253 g/mol. The van der Waals surface area contributed by atoms with Gasteiger partial charge in [-0.25, -0.2) is 0 Å². The van der Waals surface area contributed by atoms with Crippen LogP contribution in [0.5, 0.6) is 0 Å². The van der Waals surface area contributed by atoms with Crippen molar-refractivity contribution in [1.82, 2.24) is 9.88 Å². The van der Waals surface area contributed by atoms with Gasteiger partial charge in [0.05, 0.1) is 17.2 Å². The SMILES string of the molecule is CCn1cc([N+](=O)[O-])cc1C(=O)NC1CC(O)C1. The summed E-state index contributed by atoms with van der Waals surface area (Å²) in [4.78, 5) is 22.1. The summed E-state index contributed by atoms with van der Waals surface area (Å²) in [6, 6.07) is 1.24. The first-order valence-electron chi connectivity index (χ1n) is 5.84. The number of nitrogens with zero attached hydrogens (tertiary/aromatic N) is 2. The van der Waals surface area contributed by atoms with Crippen LogP contribution in [0, 0.1) is 10.1 Å². The van der Waals surface area contributed by atoms with Gasteiger partial charge in [0.2, 0.25) is 0 Å². The molecule has 1 heterocycles. The van der Waals surface area contributed by atoms with Crippen LogP contribution in [0.2, 0.25) is 0 Å². The van der Waals surface area contributed by atoms with Crippen LogP contribution in [0.3, 0.4) is 0 Å². The van der Waals surface area contributed by atoms with E-state index in [0.29, 0.717) is 19.4 Å². The number of hydrogen-bond acceptors (Lipinski definition) is 4. The third-order valence-corrected chi connectivity index (χ3v) is 3.11. The molecular formula is C11H15N3O4. The van der Waals surface area contributed by atoms with Crippen molar-refractivity contribution in [2.45, 2.75) is 38.5 Å². The van der Waals surface area contributed by atoms with E-state index in [2.05, 4.69) is 5.32 Å². The minimum atomic E-state index is -0.518. The molecule has 1 aliphatic rings. The van der Waals surface area contributed by atoms with Crippen molar-refractivity contribution in [1.29, 1.82) is 0 Å². The number of aliphatic hydroxyl groups is 1. The number of nitro groups is 1. The molecule has 0 aliphatic heterocycles. The largest absolute Gasteiger partial charge is 0.393 e. The maximum atomic E-state index is 11.9. The van der Waals surface area contributed by atoms with Crippen molar-refractivity contribution >= 4 is 11.6 Å². The maximum absolute atomic E-state index is 11.9. The predicted molar refractivity (Wildman–Crippen MR) is 63.3 cm³/mol. The quantitative estimate of drug-likeness (QED) is 0.608. The Morgan fingerprint density at radius 3 is 2.83 bits per heavy atom. The fourth-order valence-corrected chi connectivity index (χ4v) is 2.01. The zero-order valence-electron chi connectivity index (χ0n) is 10.00. The smallest absolute Gasteiger partial charge is 0.287 e. The zero-order chi connectivity index (χ0) is 13.3. The molecule has 98 valence electrons. The highest BCUT2D eigenvalue weighted by atomic mass is 16.6. The van der Waals surface area contributed by atoms with E-state index in [4.69, 9.17) is 5.11 Å². The van der Waals surface area contributed by atoms with Gasteiger partial charge in [0, 0.05) is 18.7 Å². The summed E-state index contributed by atoms with van der Waals surface area (Å²) in [7, 11) is 0. The topological polar surface area (TPSA) is 97.4 Å². The van der Waals surface area contributed by atoms with Gasteiger partial charge in [-0.2, -0.15) is 0 Å². The Hall–Kier alpha value is -1.89. The maximum Gasteiger partial charge on any atom is 0.287 e. The number of nitrogens with one attached hydrogen (secondary N) is 1. The van der Waals surface area contributed by atoms with Gasteiger partial charge in [0.1, 0.15) is 5.69 Å². The molecule has 1 aliphatic carbocycles. The lowest BCUT2D eigenvalue weighted by Crippen LogP contribution is -2.47. The molecular weight excluding hydrogens is 238 g/mol. The highest BCUT2D eigenvalue weighted by molar-refractivity contribution is 5.93. The van der Waals surface area contributed by atoms with Crippen LogP contribution in [0.15, 0.2) is 12.3 Å². The summed E-state index contributed by atoms with van der Waals surface area (Å²) in [6.45, 7) is 2.30. The number of aromatic nitrogens is 1. The molecule has 0 atom stereocenters. The van der Waals surface area contributed by atoms with Gasteiger partial charge in [0.25, 0.3) is 11.6 Å². The van der Waals surface area contributed by atoms with E-state index < -0.39 is 4.92 Å². The van der Waals surface area contributed by atoms with E-state index in [1.807, 2.05) is 6.92 Å². The number of carbonyl (C=O) groups is 1. The van der Waals surface area contributed by atoms with Gasteiger partial charge in [-0.1, -0.05) is 0 Å². The van der Waals surface area contributed by atoms with E-state index in [9.17, 15) is 14.9 Å². The molecule has 1 aromatic heterocycles. The van der Waals surface area contributed by atoms with Crippen LogP contribution in [-0.2, 0) is 6.54 Å². The summed E-state index contributed by atoms with van der Waals surface area (Å²) in [5.41, 5.74) is 0.196. The van der Waals surface area contributed by atoms with Crippen molar-refractivity contribution in [3.63, 3.8) is 0 Å². The van der Waals surface area contributed by atoms with E-state index in [1.165, 1.54) is 12.3 Å². The summed E-state index contributed by atoms with van der Waals surface area (Å²) >= 11 is 0. The molecule has 1 aromatic rings. The van der Waals surface area contributed by atoms with E-state index in [1.54, 1.807) is 4.57 Å². The van der Waals surface area contributed by atoms with Crippen molar-refractivity contribution in [3.8, 4) is 0 Å². The lowest BCUT2D eigenvalue weighted by Gasteiger charge is -2.31. The summed E-state index contributed by atoms with van der Waals surface area (Å²) < 4.78 is 1.54. The van der Waals surface area contributed by atoms with Crippen molar-refractivity contribution in [3.05, 3.63) is 28.1 Å². The van der Waals surface area contributed by atoms with Gasteiger partial charge < -0.3 is 15.0 Å². The standard InChI is InChI=1S/C11H15N3O4/c1-2-13-6-8(14(17)18)5-10(13)11(16)12-7-3-9(15)4-7/h5-7,9,15H,2-4H2,1H3,(H,12,16). The average Bonchev–Trinajstić information content (AvgIpc) is 2.70. The molecule has 1 saturated carbocycles. The fourth-order valence-electron chi connectivity index (χ4n) is 2.01. The van der Waals surface area contributed by atoms with Crippen LogP contribution in [0.4, 0.5) is 5.69 Å². The zero-order valence-corrected chi connectivity index (χ0v) is 10.00. The normalized spacial score (nSPS) is 22.3. The fraction of sp³-hybridized carbons (Fsp3) is 0.545. The summed E-state index contributed by atoms with van der Waals surface area (Å²) in [5.74, 6) is -0.332. The van der Waals surface area contributed by atoms with Crippen molar-refractivity contribution in [2.75, 3.05) is 0 Å².